The maximum atomic E-state index is 12.2. The molecular formula is C17H17N5O2. The first-order valence-corrected chi connectivity index (χ1v) is 7.46. The minimum Gasteiger partial charge on any atom is -0.382 e. The van der Waals surface area contributed by atoms with E-state index in [9.17, 15) is 4.79 Å². The molecule has 3 rings (SSSR count). The Morgan fingerprint density at radius 1 is 1.25 bits per heavy atom. The molecule has 0 spiro atoms. The first-order chi connectivity index (χ1) is 11.6. The Morgan fingerprint density at radius 2 is 2.12 bits per heavy atom. The number of aryl methyl sites for hydroxylation is 1. The van der Waals surface area contributed by atoms with Gasteiger partial charge in [0.2, 0.25) is 11.5 Å². The zero-order valence-corrected chi connectivity index (χ0v) is 13.2. The molecule has 3 N–H and O–H groups in total. The van der Waals surface area contributed by atoms with Crippen molar-refractivity contribution in [1.29, 1.82) is 0 Å². The van der Waals surface area contributed by atoms with Crippen LogP contribution in [0, 0.1) is 6.92 Å². The van der Waals surface area contributed by atoms with E-state index < -0.39 is 0 Å². The highest BCUT2D eigenvalue weighted by molar-refractivity contribution is 5.94. The molecule has 7 nitrogen and oxygen atoms in total. The number of nitrogen functional groups attached to an aromatic ring is 1. The van der Waals surface area contributed by atoms with Gasteiger partial charge in [-0.3, -0.25) is 9.78 Å². The standard InChI is InChI=1S/C17H17N5O2/c1-11-7-16(24-22-11)15(23)9-12-4-6-19-13(8-12)10-21-14-3-2-5-20-17(14)18/h2-8,21H,9-10H2,1H3,(H2,18,20). The van der Waals surface area contributed by atoms with Crippen LogP contribution in [-0.4, -0.2) is 20.9 Å². The molecule has 0 aliphatic heterocycles. The van der Waals surface area contributed by atoms with Crippen molar-refractivity contribution in [3.05, 3.63) is 65.4 Å². The summed E-state index contributed by atoms with van der Waals surface area (Å²) in [5.41, 5.74) is 8.89. The van der Waals surface area contributed by atoms with E-state index >= 15 is 0 Å². The van der Waals surface area contributed by atoms with Gasteiger partial charge >= 0.3 is 0 Å². The first kappa shape index (κ1) is 15.7. The summed E-state index contributed by atoms with van der Waals surface area (Å²) >= 11 is 0. The molecule has 0 aliphatic carbocycles. The second kappa shape index (κ2) is 6.91. The van der Waals surface area contributed by atoms with Gasteiger partial charge in [0.15, 0.2) is 0 Å². The molecule has 0 radical (unpaired) electrons. The number of carbonyl (C=O) groups is 1. The van der Waals surface area contributed by atoms with Crippen molar-refractivity contribution >= 4 is 17.3 Å². The Hall–Kier alpha value is -3.22. The summed E-state index contributed by atoms with van der Waals surface area (Å²) < 4.78 is 5.00. The Balaban J connectivity index is 1.66. The molecule has 122 valence electrons. The van der Waals surface area contributed by atoms with E-state index in [-0.39, 0.29) is 18.0 Å². The molecule has 3 heterocycles. The summed E-state index contributed by atoms with van der Waals surface area (Å²) in [5, 5.41) is 6.91. The van der Waals surface area contributed by atoms with Crippen LogP contribution < -0.4 is 11.1 Å². The van der Waals surface area contributed by atoms with Crippen molar-refractivity contribution in [1.82, 2.24) is 15.1 Å². The van der Waals surface area contributed by atoms with Crippen LogP contribution in [0.4, 0.5) is 11.5 Å². The van der Waals surface area contributed by atoms with Gasteiger partial charge in [0.1, 0.15) is 5.82 Å². The van der Waals surface area contributed by atoms with E-state index in [4.69, 9.17) is 10.3 Å². The fourth-order valence-electron chi connectivity index (χ4n) is 2.26. The number of nitrogens with one attached hydrogen (secondary N) is 1. The summed E-state index contributed by atoms with van der Waals surface area (Å²) in [5.74, 6) is 0.592. The second-order valence-corrected chi connectivity index (χ2v) is 5.38. The topological polar surface area (TPSA) is 107 Å². The Kier molecular flexibility index (Phi) is 4.51. The van der Waals surface area contributed by atoms with E-state index in [1.165, 1.54) is 0 Å². The van der Waals surface area contributed by atoms with Crippen LogP contribution in [0.15, 0.2) is 47.2 Å². The average Bonchev–Trinajstić information content (AvgIpc) is 3.01. The molecule has 7 heteroatoms. The van der Waals surface area contributed by atoms with Crippen LogP contribution in [0.25, 0.3) is 0 Å². The van der Waals surface area contributed by atoms with Gasteiger partial charge in [0.25, 0.3) is 0 Å². The minimum atomic E-state index is -0.114. The van der Waals surface area contributed by atoms with Crippen molar-refractivity contribution in [2.45, 2.75) is 19.9 Å². The highest BCUT2D eigenvalue weighted by Crippen LogP contribution is 2.15. The van der Waals surface area contributed by atoms with Crippen LogP contribution in [-0.2, 0) is 13.0 Å². The maximum absolute atomic E-state index is 12.2. The summed E-state index contributed by atoms with van der Waals surface area (Å²) in [6.07, 6.45) is 3.55. The van der Waals surface area contributed by atoms with Crippen molar-refractivity contribution in [3.8, 4) is 0 Å². The highest BCUT2D eigenvalue weighted by atomic mass is 16.5. The molecular weight excluding hydrogens is 306 g/mol. The van der Waals surface area contributed by atoms with Crippen molar-refractivity contribution in [2.75, 3.05) is 11.1 Å². The monoisotopic (exact) mass is 323 g/mol. The fraction of sp³-hybridized carbons (Fsp3) is 0.176. The van der Waals surface area contributed by atoms with Crippen LogP contribution in [0.5, 0.6) is 0 Å². The number of aromatic nitrogens is 3. The first-order valence-electron chi connectivity index (χ1n) is 7.46. The number of rotatable bonds is 6. The van der Waals surface area contributed by atoms with E-state index in [0.29, 0.717) is 18.1 Å². The maximum Gasteiger partial charge on any atom is 0.205 e. The smallest absolute Gasteiger partial charge is 0.205 e. The molecule has 0 amide bonds. The Morgan fingerprint density at radius 3 is 2.88 bits per heavy atom. The molecule has 0 aliphatic rings. The molecule has 3 aromatic rings. The predicted octanol–water partition coefficient (Wildman–Crippen LogP) is 2.39. The number of carbonyl (C=O) groups excluding carboxylic acids is 1. The lowest BCUT2D eigenvalue weighted by molar-refractivity contribution is 0.0957. The lowest BCUT2D eigenvalue weighted by atomic mass is 10.1. The molecule has 24 heavy (non-hydrogen) atoms. The molecule has 0 atom stereocenters. The molecule has 0 unspecified atom stereocenters. The van der Waals surface area contributed by atoms with Gasteiger partial charge in [0, 0.05) is 24.9 Å². The van der Waals surface area contributed by atoms with E-state index in [1.807, 2.05) is 18.2 Å². The van der Waals surface area contributed by atoms with Crippen molar-refractivity contribution in [2.24, 2.45) is 0 Å². The SMILES string of the molecule is Cc1cc(C(=O)Cc2ccnc(CNc3cccnc3N)c2)on1. The van der Waals surface area contributed by atoms with Crippen LogP contribution in [0.1, 0.15) is 27.5 Å². The number of hydrogen-bond acceptors (Lipinski definition) is 7. The van der Waals surface area contributed by atoms with E-state index in [0.717, 1.165) is 16.9 Å². The number of ketones is 1. The number of Topliss-reactive ketones (excluding diaryl/α,β-unsaturated/α-hetero) is 1. The number of nitrogens with two attached hydrogens (primary N) is 1. The molecule has 0 saturated carbocycles. The van der Waals surface area contributed by atoms with E-state index in [1.54, 1.807) is 31.5 Å². The number of hydrogen-bond donors (Lipinski definition) is 2. The van der Waals surface area contributed by atoms with Crippen molar-refractivity contribution in [3.63, 3.8) is 0 Å². The third-order valence-electron chi connectivity index (χ3n) is 3.45. The van der Waals surface area contributed by atoms with Gasteiger partial charge in [-0.2, -0.15) is 0 Å². The van der Waals surface area contributed by atoms with Gasteiger partial charge in [0.05, 0.1) is 23.6 Å². The fourth-order valence-corrected chi connectivity index (χ4v) is 2.26. The average molecular weight is 323 g/mol. The summed E-state index contributed by atoms with van der Waals surface area (Å²) in [7, 11) is 0. The third-order valence-corrected chi connectivity index (χ3v) is 3.45. The number of pyridine rings is 2. The third kappa shape index (κ3) is 3.75. The minimum absolute atomic E-state index is 0.114. The molecule has 3 aromatic heterocycles. The molecule has 0 bridgehead atoms. The second-order valence-electron chi connectivity index (χ2n) is 5.38. The Labute approximate surface area is 138 Å². The quantitative estimate of drug-likeness (QED) is 0.671. The normalized spacial score (nSPS) is 10.5. The highest BCUT2D eigenvalue weighted by Gasteiger charge is 2.13. The summed E-state index contributed by atoms with van der Waals surface area (Å²) in [4.78, 5) is 20.5. The van der Waals surface area contributed by atoms with Gasteiger partial charge in [-0.05, 0) is 36.8 Å². The number of nitrogens with zero attached hydrogens (tertiary/aromatic N) is 3. The lowest BCUT2D eigenvalue weighted by Crippen LogP contribution is -2.07. The number of anilines is 2. The summed E-state index contributed by atoms with van der Waals surface area (Å²) in [6.45, 7) is 2.26. The Bertz CT molecular complexity index is 859. The largest absolute Gasteiger partial charge is 0.382 e. The molecule has 0 aromatic carbocycles. The zero-order chi connectivity index (χ0) is 16.9. The van der Waals surface area contributed by atoms with Crippen LogP contribution >= 0.6 is 0 Å². The van der Waals surface area contributed by atoms with Gasteiger partial charge in [-0.25, -0.2) is 4.98 Å². The predicted molar refractivity (Wildman–Crippen MR) is 89.5 cm³/mol. The molecule has 0 fully saturated rings. The van der Waals surface area contributed by atoms with Gasteiger partial charge < -0.3 is 15.6 Å². The molecule has 0 saturated heterocycles. The van der Waals surface area contributed by atoms with Gasteiger partial charge in [-0.15, -0.1) is 0 Å². The van der Waals surface area contributed by atoms with Crippen LogP contribution in [0.2, 0.25) is 0 Å². The van der Waals surface area contributed by atoms with Crippen LogP contribution in [0.3, 0.4) is 0 Å². The lowest BCUT2D eigenvalue weighted by Gasteiger charge is -2.08. The summed E-state index contributed by atoms with van der Waals surface area (Å²) in [6, 6.07) is 8.98. The zero-order valence-electron chi connectivity index (χ0n) is 13.2. The van der Waals surface area contributed by atoms with E-state index in [2.05, 4.69) is 20.4 Å². The van der Waals surface area contributed by atoms with Gasteiger partial charge in [-0.1, -0.05) is 5.16 Å². The van der Waals surface area contributed by atoms with Crippen molar-refractivity contribution < 1.29 is 9.32 Å².